The lowest BCUT2D eigenvalue weighted by Gasteiger charge is -2.18. The Labute approximate surface area is 154 Å². The van der Waals surface area contributed by atoms with E-state index >= 15 is 0 Å². The third-order valence-corrected chi connectivity index (χ3v) is 5.65. The normalized spacial score (nSPS) is 12.6. The smallest absolute Gasteiger partial charge is 0.261 e. The van der Waals surface area contributed by atoms with E-state index in [-0.39, 0.29) is 10.6 Å². The van der Waals surface area contributed by atoms with Gasteiger partial charge in [0.25, 0.3) is 10.0 Å². The first-order chi connectivity index (χ1) is 12.3. The van der Waals surface area contributed by atoms with Crippen LogP contribution in [0.5, 0.6) is 0 Å². The number of aromatic nitrogens is 1. The van der Waals surface area contributed by atoms with Crippen molar-refractivity contribution in [3.8, 4) is 0 Å². The summed E-state index contributed by atoms with van der Waals surface area (Å²) in [7, 11) is -3.93. The van der Waals surface area contributed by atoms with Gasteiger partial charge in [0, 0.05) is 17.1 Å². The number of rotatable bonds is 6. The predicted molar refractivity (Wildman–Crippen MR) is 99.1 cm³/mol. The fourth-order valence-electron chi connectivity index (χ4n) is 2.30. The van der Waals surface area contributed by atoms with Gasteiger partial charge in [-0.15, -0.1) is 11.3 Å². The van der Waals surface area contributed by atoms with Gasteiger partial charge < -0.3 is 10.4 Å². The van der Waals surface area contributed by atoms with E-state index in [1.54, 1.807) is 36.7 Å². The molecule has 1 aromatic heterocycles. The van der Waals surface area contributed by atoms with Crippen LogP contribution in [0.1, 0.15) is 17.4 Å². The van der Waals surface area contributed by atoms with Crippen LogP contribution in [0.25, 0.3) is 0 Å². The number of benzene rings is 2. The zero-order valence-electron chi connectivity index (χ0n) is 13.7. The number of aliphatic hydroxyl groups excluding tert-OH is 1. The Morgan fingerprint density at radius 3 is 2.58 bits per heavy atom. The molecular formula is C17H16FN3O3S2. The lowest BCUT2D eigenvalue weighted by atomic mass is 10.1. The van der Waals surface area contributed by atoms with Gasteiger partial charge in [-0.1, -0.05) is 12.1 Å². The van der Waals surface area contributed by atoms with Gasteiger partial charge in [-0.3, -0.25) is 4.72 Å². The number of hydrogen-bond donors (Lipinski definition) is 3. The van der Waals surface area contributed by atoms with E-state index < -0.39 is 22.1 Å². The van der Waals surface area contributed by atoms with E-state index in [0.717, 1.165) is 17.7 Å². The molecule has 0 aliphatic carbocycles. The molecule has 0 bridgehead atoms. The van der Waals surface area contributed by atoms with Crippen LogP contribution in [-0.2, 0) is 10.0 Å². The number of nitrogens with one attached hydrogen (secondary N) is 2. The Morgan fingerprint density at radius 1 is 1.19 bits per heavy atom. The van der Waals surface area contributed by atoms with Gasteiger partial charge >= 0.3 is 0 Å². The number of anilines is 2. The van der Waals surface area contributed by atoms with Crippen LogP contribution in [0.15, 0.2) is 58.9 Å². The summed E-state index contributed by atoms with van der Waals surface area (Å²) in [4.78, 5) is 3.96. The molecule has 0 fully saturated rings. The molecule has 26 heavy (non-hydrogen) atoms. The second kappa shape index (κ2) is 7.40. The third-order valence-electron chi connectivity index (χ3n) is 3.56. The van der Waals surface area contributed by atoms with E-state index in [9.17, 15) is 17.9 Å². The maximum Gasteiger partial charge on any atom is 0.261 e. The maximum atomic E-state index is 13.0. The van der Waals surface area contributed by atoms with E-state index in [2.05, 4.69) is 15.0 Å². The quantitative estimate of drug-likeness (QED) is 0.558. The molecule has 1 atom stereocenters. The first-order valence-electron chi connectivity index (χ1n) is 7.58. The van der Waals surface area contributed by atoms with E-state index in [1.165, 1.54) is 23.5 Å². The molecule has 9 heteroatoms. The molecular weight excluding hydrogens is 377 g/mol. The zero-order chi connectivity index (χ0) is 18.7. The van der Waals surface area contributed by atoms with Crippen LogP contribution in [0.2, 0.25) is 0 Å². The SMILES string of the molecule is Cc1ccc(C(O)Nc2nccs2)c(NS(=O)(=O)c2ccc(F)cc2)c1. The fourth-order valence-corrected chi connectivity index (χ4v) is 3.93. The number of sulfonamides is 1. The summed E-state index contributed by atoms with van der Waals surface area (Å²) in [5.41, 5.74) is 1.38. The second-order valence-corrected chi connectivity index (χ2v) is 8.11. The molecule has 136 valence electrons. The number of thiazole rings is 1. The number of aryl methyl sites for hydroxylation is 1. The molecule has 0 saturated carbocycles. The summed E-state index contributed by atoms with van der Waals surface area (Å²) in [6, 6.07) is 9.51. The molecule has 0 amide bonds. The van der Waals surface area contributed by atoms with Crippen LogP contribution in [0, 0.1) is 12.7 Å². The van der Waals surface area contributed by atoms with Crippen molar-refractivity contribution in [2.75, 3.05) is 10.0 Å². The van der Waals surface area contributed by atoms with E-state index in [4.69, 9.17) is 0 Å². The van der Waals surface area contributed by atoms with Crippen molar-refractivity contribution in [2.45, 2.75) is 18.0 Å². The predicted octanol–water partition coefficient (Wildman–Crippen LogP) is 3.49. The van der Waals surface area contributed by atoms with Gasteiger partial charge in [0.2, 0.25) is 0 Å². The van der Waals surface area contributed by atoms with Gasteiger partial charge in [0.1, 0.15) is 5.82 Å². The summed E-state index contributed by atoms with van der Waals surface area (Å²) >= 11 is 1.31. The van der Waals surface area contributed by atoms with Crippen LogP contribution >= 0.6 is 11.3 Å². The molecule has 1 unspecified atom stereocenters. The van der Waals surface area contributed by atoms with Gasteiger partial charge in [0.15, 0.2) is 11.4 Å². The summed E-state index contributed by atoms with van der Waals surface area (Å²) in [6.07, 6.45) is 0.431. The third kappa shape index (κ3) is 4.18. The highest BCUT2D eigenvalue weighted by molar-refractivity contribution is 7.92. The summed E-state index contributed by atoms with van der Waals surface area (Å²) in [5, 5.41) is 15.5. The maximum absolute atomic E-state index is 13.0. The molecule has 0 spiro atoms. The number of halogens is 1. The fraction of sp³-hybridized carbons (Fsp3) is 0.118. The lowest BCUT2D eigenvalue weighted by Crippen LogP contribution is -2.17. The van der Waals surface area contributed by atoms with Crippen molar-refractivity contribution >= 4 is 32.2 Å². The summed E-state index contributed by atoms with van der Waals surface area (Å²) in [6.45, 7) is 1.81. The number of nitrogens with zero attached hydrogens (tertiary/aromatic N) is 1. The summed E-state index contributed by atoms with van der Waals surface area (Å²) < 4.78 is 40.6. The standard InChI is InChI=1S/C17H16FN3O3S2/c1-11-2-7-14(16(22)20-17-19-8-9-25-17)15(10-11)21-26(23,24)13-5-3-12(18)4-6-13/h2-10,16,21-22H,1H3,(H,19,20). The summed E-state index contributed by atoms with van der Waals surface area (Å²) in [5.74, 6) is -0.525. The zero-order valence-corrected chi connectivity index (χ0v) is 15.3. The largest absolute Gasteiger partial charge is 0.369 e. The lowest BCUT2D eigenvalue weighted by molar-refractivity contribution is 0.209. The van der Waals surface area contributed by atoms with Crippen molar-refractivity contribution in [3.63, 3.8) is 0 Å². The van der Waals surface area contributed by atoms with Gasteiger partial charge in [-0.2, -0.15) is 0 Å². The molecule has 0 aliphatic heterocycles. The van der Waals surface area contributed by atoms with Crippen LogP contribution in [-0.4, -0.2) is 18.5 Å². The number of aliphatic hydroxyl groups is 1. The topological polar surface area (TPSA) is 91.3 Å². The van der Waals surface area contributed by atoms with Crippen LogP contribution in [0.3, 0.4) is 0 Å². The first-order valence-corrected chi connectivity index (χ1v) is 9.94. The Hall–Kier alpha value is -2.49. The highest BCUT2D eigenvalue weighted by atomic mass is 32.2. The van der Waals surface area contributed by atoms with Crippen molar-refractivity contribution < 1.29 is 17.9 Å². The first kappa shape index (κ1) is 18.3. The minimum absolute atomic E-state index is 0.0753. The van der Waals surface area contributed by atoms with Gasteiger partial charge in [-0.25, -0.2) is 17.8 Å². The van der Waals surface area contributed by atoms with Crippen LogP contribution in [0.4, 0.5) is 15.2 Å². The average Bonchev–Trinajstić information content (AvgIpc) is 3.08. The molecule has 2 aromatic carbocycles. The number of hydrogen-bond acceptors (Lipinski definition) is 6. The van der Waals surface area contributed by atoms with Crippen molar-refractivity contribution in [3.05, 3.63) is 71.0 Å². The molecule has 3 N–H and O–H groups in total. The van der Waals surface area contributed by atoms with Gasteiger partial charge in [0.05, 0.1) is 10.6 Å². The minimum Gasteiger partial charge on any atom is -0.369 e. The van der Waals surface area contributed by atoms with Gasteiger partial charge in [-0.05, 0) is 42.8 Å². The minimum atomic E-state index is -3.93. The Balaban J connectivity index is 1.91. The van der Waals surface area contributed by atoms with E-state index in [0.29, 0.717) is 10.7 Å². The van der Waals surface area contributed by atoms with Crippen molar-refractivity contribution in [1.29, 1.82) is 0 Å². The highest BCUT2D eigenvalue weighted by Gasteiger charge is 2.20. The average molecular weight is 393 g/mol. The monoisotopic (exact) mass is 393 g/mol. The Morgan fingerprint density at radius 2 is 1.92 bits per heavy atom. The molecule has 6 nitrogen and oxygen atoms in total. The molecule has 1 heterocycles. The van der Waals surface area contributed by atoms with Crippen molar-refractivity contribution in [1.82, 2.24) is 4.98 Å². The molecule has 3 rings (SSSR count). The highest BCUT2D eigenvalue weighted by Crippen LogP contribution is 2.28. The Bertz CT molecular complexity index is 991. The van der Waals surface area contributed by atoms with Crippen molar-refractivity contribution in [2.24, 2.45) is 0 Å². The molecule has 0 saturated heterocycles. The molecule has 0 aliphatic rings. The van der Waals surface area contributed by atoms with E-state index in [1.807, 2.05) is 0 Å². The molecule has 0 radical (unpaired) electrons. The second-order valence-electron chi connectivity index (χ2n) is 5.53. The molecule has 3 aromatic rings. The van der Waals surface area contributed by atoms with Crippen LogP contribution < -0.4 is 10.0 Å². The Kier molecular flexibility index (Phi) is 5.21.